The molecule has 0 spiro atoms. The molecule has 92 valence electrons. The lowest BCUT2D eigenvalue weighted by Crippen LogP contribution is -2.63. The number of hydrogen-bond acceptors (Lipinski definition) is 5. The van der Waals surface area contributed by atoms with Gasteiger partial charge in [-0.2, -0.15) is 0 Å². The Hall–Kier alpha value is -2.84. The first-order valence-electron chi connectivity index (χ1n) is 4.19. The van der Waals surface area contributed by atoms with Gasteiger partial charge in [-0.1, -0.05) is 0 Å². The molecule has 1 aromatic rings. The molecule has 0 bridgehead atoms. The second-order valence-corrected chi connectivity index (χ2v) is 2.63. The largest absolute Gasteiger partial charge is 0.508 e. The minimum atomic E-state index is -1.75. The van der Waals surface area contributed by atoms with E-state index in [1.54, 1.807) is 30.5 Å². The molecule has 0 radical (unpaired) electrons. The van der Waals surface area contributed by atoms with Gasteiger partial charge in [0.05, 0.1) is 5.09 Å². The number of phenols is 1. The molecular formula is C8H11N5O4. The molecule has 0 aliphatic heterocycles. The van der Waals surface area contributed by atoms with Crippen LogP contribution in [0.15, 0.2) is 29.4 Å². The number of guanidine groups is 1. The number of nitrogens with one attached hydrogen (secondary N) is 1. The number of rotatable bonds is 2. The van der Waals surface area contributed by atoms with Gasteiger partial charge in [-0.05, 0) is 24.3 Å². The number of phenolic OH excluding ortho intramolecular Hbond substituents is 1. The zero-order valence-corrected chi connectivity index (χ0v) is 8.61. The highest BCUT2D eigenvalue weighted by molar-refractivity contribution is 5.77. The van der Waals surface area contributed by atoms with E-state index in [-0.39, 0.29) is 11.7 Å². The lowest BCUT2D eigenvalue weighted by atomic mass is 10.2. The van der Waals surface area contributed by atoms with Gasteiger partial charge in [0.2, 0.25) is 6.21 Å². The predicted molar refractivity (Wildman–Crippen MR) is 60.4 cm³/mol. The lowest BCUT2D eigenvalue weighted by Gasteiger charge is -1.88. The van der Waals surface area contributed by atoms with Crippen molar-refractivity contribution in [3.63, 3.8) is 0 Å². The Morgan fingerprint density at radius 1 is 1.35 bits per heavy atom. The molecular weight excluding hydrogens is 230 g/mol. The van der Waals surface area contributed by atoms with Crippen LogP contribution < -0.4 is 16.6 Å². The maximum absolute atomic E-state index is 8.97. The van der Waals surface area contributed by atoms with Crippen LogP contribution in [-0.2, 0) is 0 Å². The minimum Gasteiger partial charge on any atom is -0.508 e. The van der Waals surface area contributed by atoms with Crippen molar-refractivity contribution in [1.82, 2.24) is 0 Å². The Morgan fingerprint density at radius 2 is 1.82 bits per heavy atom. The first kappa shape index (κ1) is 14.2. The molecule has 0 aliphatic rings. The summed E-state index contributed by atoms with van der Waals surface area (Å²) in [6, 6.07) is 6.60. The predicted octanol–water partition coefficient (Wildman–Crippen LogP) is -2.16. The van der Waals surface area contributed by atoms with E-state index in [1.165, 1.54) is 0 Å². The average molecular weight is 241 g/mol. The topological polar surface area (TPSA) is 165 Å². The third-order valence-electron chi connectivity index (χ3n) is 1.32. The van der Waals surface area contributed by atoms with E-state index in [4.69, 9.17) is 31.9 Å². The fourth-order valence-electron chi connectivity index (χ4n) is 0.752. The zero-order valence-electron chi connectivity index (χ0n) is 8.61. The van der Waals surface area contributed by atoms with Gasteiger partial charge in [0.1, 0.15) is 5.75 Å². The zero-order chi connectivity index (χ0) is 13.3. The Balaban J connectivity index is 0.000000557. The van der Waals surface area contributed by atoms with Crippen LogP contribution in [0, 0.1) is 15.3 Å². The Morgan fingerprint density at radius 3 is 2.24 bits per heavy atom. The summed E-state index contributed by atoms with van der Waals surface area (Å²) in [7, 11) is 0. The van der Waals surface area contributed by atoms with E-state index in [2.05, 4.69) is 10.2 Å². The Kier molecular flexibility index (Phi) is 6.21. The Bertz CT molecular complexity index is 406. The summed E-state index contributed by atoms with van der Waals surface area (Å²) >= 11 is 0. The van der Waals surface area contributed by atoms with Gasteiger partial charge in [-0.15, -0.1) is 5.10 Å². The summed E-state index contributed by atoms with van der Waals surface area (Å²) in [5.41, 5.74) is 11.0. The number of benzene rings is 1. The van der Waals surface area contributed by atoms with Gasteiger partial charge in [0, 0.05) is 10.7 Å². The molecule has 0 heterocycles. The van der Waals surface area contributed by atoms with E-state index < -0.39 is 5.09 Å². The van der Waals surface area contributed by atoms with Crippen LogP contribution in [0.3, 0.4) is 0 Å². The highest BCUT2D eigenvalue weighted by Crippen LogP contribution is 2.06. The molecule has 0 unspecified atom stereocenters. The van der Waals surface area contributed by atoms with Crippen molar-refractivity contribution in [2.45, 2.75) is 0 Å². The average Bonchev–Trinajstić information content (AvgIpc) is 2.19. The van der Waals surface area contributed by atoms with Crippen molar-refractivity contribution in [1.29, 1.82) is 0 Å². The molecule has 0 saturated heterocycles. The van der Waals surface area contributed by atoms with Crippen molar-refractivity contribution in [3.8, 4) is 5.75 Å². The van der Waals surface area contributed by atoms with Gasteiger partial charge in [-0.25, -0.2) is 0 Å². The molecule has 0 amide bonds. The molecule has 6 N–H and O–H groups in total. The van der Waals surface area contributed by atoms with Gasteiger partial charge in [-0.3, -0.25) is 0 Å². The van der Waals surface area contributed by atoms with E-state index in [1.807, 2.05) is 0 Å². The standard InChI is InChI=1S/C8H10N4O.NO3/c9-8(10)12-11-5-6-1-3-7(13)4-2-6;2-1(3)4/h1-5,13H,(H4,9,10,12);/q;-1/p+1/b11-5+;. The number of hydrogen-bond donors (Lipinski definition) is 4. The maximum atomic E-state index is 8.97. The molecule has 1 rings (SSSR count). The van der Waals surface area contributed by atoms with Crippen molar-refractivity contribution < 1.29 is 15.3 Å². The van der Waals surface area contributed by atoms with E-state index in [0.717, 1.165) is 5.56 Å². The highest BCUT2D eigenvalue weighted by atomic mass is 16.9. The monoisotopic (exact) mass is 241 g/mol. The van der Waals surface area contributed by atoms with Crippen LogP contribution in [0.5, 0.6) is 5.75 Å². The summed E-state index contributed by atoms with van der Waals surface area (Å²) in [5, 5.41) is 29.8. The lowest BCUT2D eigenvalue weighted by molar-refractivity contribution is -0.456. The van der Waals surface area contributed by atoms with Gasteiger partial charge in [0.25, 0.3) is 5.96 Å². The molecule has 17 heavy (non-hydrogen) atoms. The molecule has 1 aromatic carbocycles. The number of nitrogens with two attached hydrogens (primary N) is 2. The van der Waals surface area contributed by atoms with Crippen LogP contribution in [0.25, 0.3) is 0 Å². The summed E-state index contributed by atoms with van der Waals surface area (Å²) < 4.78 is 0. The molecule has 0 aromatic heterocycles. The van der Waals surface area contributed by atoms with E-state index in [0.29, 0.717) is 0 Å². The quantitative estimate of drug-likeness (QED) is 0.199. The third-order valence-corrected chi connectivity index (χ3v) is 1.32. The fraction of sp³-hybridized carbons (Fsp3) is 0. The number of aromatic hydroxyl groups is 1. The van der Waals surface area contributed by atoms with Crippen LogP contribution >= 0.6 is 0 Å². The van der Waals surface area contributed by atoms with Crippen molar-refractivity contribution in [2.24, 2.45) is 16.6 Å². The van der Waals surface area contributed by atoms with Crippen molar-refractivity contribution in [3.05, 3.63) is 45.2 Å². The molecule has 0 saturated carbocycles. The number of nitrogens with zero attached hydrogens (tertiary/aromatic N) is 2. The molecule has 0 fully saturated rings. The summed E-state index contributed by atoms with van der Waals surface area (Å²) in [6.07, 6.45) is 1.61. The smallest absolute Gasteiger partial charge is 0.256 e. The second-order valence-electron chi connectivity index (χ2n) is 2.63. The summed E-state index contributed by atoms with van der Waals surface area (Å²) in [6.45, 7) is 0. The van der Waals surface area contributed by atoms with E-state index in [9.17, 15) is 0 Å². The highest BCUT2D eigenvalue weighted by Gasteiger charge is 1.91. The maximum Gasteiger partial charge on any atom is 0.256 e. The molecule has 9 heteroatoms. The van der Waals surface area contributed by atoms with Crippen molar-refractivity contribution >= 4 is 12.2 Å². The Labute approximate surface area is 95.8 Å². The molecule has 0 atom stereocenters. The fourth-order valence-corrected chi connectivity index (χ4v) is 0.752. The third kappa shape index (κ3) is 9.46. The van der Waals surface area contributed by atoms with Gasteiger partial charge in [0.15, 0.2) is 0 Å². The first-order valence-corrected chi connectivity index (χ1v) is 4.19. The van der Waals surface area contributed by atoms with E-state index >= 15 is 0 Å². The van der Waals surface area contributed by atoms with Crippen LogP contribution in [0.4, 0.5) is 0 Å². The van der Waals surface area contributed by atoms with Crippen LogP contribution in [-0.4, -0.2) is 22.4 Å². The van der Waals surface area contributed by atoms with Crippen LogP contribution in [0.2, 0.25) is 0 Å². The number of hydrazone groups is 1. The SMILES string of the molecule is NC(N)=N/[NH+]=C/c1ccc(O)cc1.O=[N+]([O-])[O-]. The minimum absolute atomic E-state index is 0.0324. The second kappa shape index (κ2) is 7.45. The molecule has 9 nitrogen and oxygen atoms in total. The van der Waals surface area contributed by atoms with Gasteiger partial charge >= 0.3 is 0 Å². The normalized spacial score (nSPS) is 9.18. The van der Waals surface area contributed by atoms with Gasteiger partial charge < -0.3 is 31.9 Å². The van der Waals surface area contributed by atoms with Crippen molar-refractivity contribution in [2.75, 3.05) is 0 Å². The molecule has 0 aliphatic carbocycles. The van der Waals surface area contributed by atoms with Crippen LogP contribution in [0.1, 0.15) is 5.56 Å². The summed E-state index contributed by atoms with van der Waals surface area (Å²) in [4.78, 5) is 8.25. The summed E-state index contributed by atoms with van der Waals surface area (Å²) in [5.74, 6) is 0.189. The first-order chi connectivity index (χ1) is 7.91.